The molecule has 0 saturated carbocycles. The Morgan fingerprint density at radius 2 is 2.12 bits per heavy atom. The van der Waals surface area contributed by atoms with Gasteiger partial charge in [-0.1, -0.05) is 11.6 Å². The van der Waals surface area contributed by atoms with E-state index >= 15 is 0 Å². The van der Waals surface area contributed by atoms with Gasteiger partial charge in [0.1, 0.15) is 11.6 Å². The molecule has 5 heteroatoms. The van der Waals surface area contributed by atoms with Gasteiger partial charge in [-0.3, -0.25) is 0 Å². The smallest absolute Gasteiger partial charge is 0.144 e. The van der Waals surface area contributed by atoms with Crippen molar-refractivity contribution in [2.24, 2.45) is 0 Å². The van der Waals surface area contributed by atoms with Crippen molar-refractivity contribution in [1.82, 2.24) is 4.98 Å². The highest BCUT2D eigenvalue weighted by Crippen LogP contribution is 2.25. The van der Waals surface area contributed by atoms with E-state index in [0.717, 1.165) is 4.47 Å². The van der Waals surface area contributed by atoms with Gasteiger partial charge in [-0.15, -0.1) is 0 Å². The van der Waals surface area contributed by atoms with E-state index in [1.54, 1.807) is 18.3 Å². The summed E-state index contributed by atoms with van der Waals surface area (Å²) in [6.07, 6.45) is 1.65. The molecule has 82 valence electrons. The van der Waals surface area contributed by atoms with Crippen molar-refractivity contribution in [3.8, 4) is 0 Å². The molecule has 0 radical (unpaired) electrons. The van der Waals surface area contributed by atoms with Gasteiger partial charge in [0, 0.05) is 16.9 Å². The van der Waals surface area contributed by atoms with E-state index in [2.05, 4.69) is 26.2 Å². The molecule has 2 nitrogen and oxygen atoms in total. The second-order valence-electron chi connectivity index (χ2n) is 3.12. The molecule has 2 rings (SSSR count). The lowest BCUT2D eigenvalue weighted by molar-refractivity contribution is 0.628. The fourth-order valence-electron chi connectivity index (χ4n) is 1.24. The molecule has 0 aliphatic heterocycles. The minimum absolute atomic E-state index is 0.342. The third kappa shape index (κ3) is 2.71. The second kappa shape index (κ2) is 4.80. The van der Waals surface area contributed by atoms with Gasteiger partial charge in [-0.25, -0.2) is 9.37 Å². The van der Waals surface area contributed by atoms with Crippen molar-refractivity contribution in [3.63, 3.8) is 0 Å². The number of nitrogens with one attached hydrogen (secondary N) is 1. The van der Waals surface area contributed by atoms with Crippen LogP contribution in [0.5, 0.6) is 0 Å². The summed E-state index contributed by atoms with van der Waals surface area (Å²) in [6, 6.07) is 7.88. The van der Waals surface area contributed by atoms with Crippen molar-refractivity contribution in [2.45, 2.75) is 0 Å². The zero-order chi connectivity index (χ0) is 11.5. The van der Waals surface area contributed by atoms with Crippen LogP contribution < -0.4 is 5.32 Å². The first-order chi connectivity index (χ1) is 7.65. The number of anilines is 2. The molecule has 1 aromatic heterocycles. The maximum Gasteiger partial charge on any atom is 0.144 e. The molecule has 0 spiro atoms. The Hall–Kier alpha value is -1.13. The van der Waals surface area contributed by atoms with Gasteiger partial charge in [0.2, 0.25) is 0 Å². The Morgan fingerprint density at radius 1 is 1.31 bits per heavy atom. The van der Waals surface area contributed by atoms with Gasteiger partial charge in [-0.05, 0) is 46.3 Å². The van der Waals surface area contributed by atoms with Crippen molar-refractivity contribution >= 4 is 39.0 Å². The van der Waals surface area contributed by atoms with Crippen LogP contribution in [0, 0.1) is 5.82 Å². The third-order valence-corrected chi connectivity index (χ3v) is 2.74. The molecule has 1 aromatic carbocycles. The lowest BCUT2D eigenvalue weighted by Gasteiger charge is -2.07. The van der Waals surface area contributed by atoms with Crippen LogP contribution in [0.15, 0.2) is 41.0 Å². The van der Waals surface area contributed by atoms with E-state index in [1.807, 2.05) is 6.07 Å². The van der Waals surface area contributed by atoms with E-state index in [-0.39, 0.29) is 5.82 Å². The first-order valence-corrected chi connectivity index (χ1v) is 5.66. The van der Waals surface area contributed by atoms with Crippen LogP contribution in [0.4, 0.5) is 15.9 Å². The van der Waals surface area contributed by atoms with Crippen LogP contribution >= 0.6 is 27.5 Å². The summed E-state index contributed by atoms with van der Waals surface area (Å²) >= 11 is 9.08. The quantitative estimate of drug-likeness (QED) is 0.890. The largest absolute Gasteiger partial charge is 0.339 e. The van der Waals surface area contributed by atoms with Gasteiger partial charge >= 0.3 is 0 Å². The van der Waals surface area contributed by atoms with Gasteiger partial charge in [-0.2, -0.15) is 0 Å². The van der Waals surface area contributed by atoms with E-state index in [0.29, 0.717) is 16.5 Å². The molecule has 0 atom stereocenters. The first-order valence-electron chi connectivity index (χ1n) is 4.49. The maximum atomic E-state index is 13.1. The van der Waals surface area contributed by atoms with Crippen LogP contribution in [0.2, 0.25) is 5.02 Å². The van der Waals surface area contributed by atoms with Gasteiger partial charge in [0.25, 0.3) is 0 Å². The Kier molecular flexibility index (Phi) is 3.41. The maximum absolute atomic E-state index is 13.1. The molecule has 0 bridgehead atoms. The molecule has 2 aromatic rings. The minimum Gasteiger partial charge on any atom is -0.339 e. The average molecular weight is 302 g/mol. The monoisotopic (exact) mass is 300 g/mol. The molecule has 0 saturated heterocycles. The van der Waals surface area contributed by atoms with E-state index < -0.39 is 0 Å². The minimum atomic E-state index is -0.387. The fraction of sp³-hybridized carbons (Fsp3) is 0. The predicted molar refractivity (Wildman–Crippen MR) is 66.6 cm³/mol. The molecule has 1 heterocycles. The molecule has 16 heavy (non-hydrogen) atoms. The number of halogens is 3. The normalized spacial score (nSPS) is 10.2. The van der Waals surface area contributed by atoms with E-state index in [1.165, 1.54) is 12.1 Å². The van der Waals surface area contributed by atoms with Crippen LogP contribution in [0.3, 0.4) is 0 Å². The first kappa shape index (κ1) is 11.4. The number of rotatable bonds is 2. The molecular weight excluding hydrogens is 294 g/mol. The Bertz CT molecular complexity index is 499. The molecule has 0 amide bonds. The highest BCUT2D eigenvalue weighted by atomic mass is 79.9. The summed E-state index contributed by atoms with van der Waals surface area (Å²) in [5.74, 6) is 0.228. The summed E-state index contributed by atoms with van der Waals surface area (Å²) in [6.45, 7) is 0. The zero-order valence-electron chi connectivity index (χ0n) is 8.05. The second-order valence-corrected chi connectivity index (χ2v) is 4.41. The standard InChI is InChI=1S/C11H7BrClFN2/c12-10-2-1-3-15-11(10)16-9-5-7(13)4-8(14)6-9/h1-6H,(H,15,16). The van der Waals surface area contributed by atoms with Crippen LogP contribution in [-0.2, 0) is 0 Å². The predicted octanol–water partition coefficient (Wildman–Crippen LogP) is 4.38. The highest BCUT2D eigenvalue weighted by Gasteiger charge is 2.03. The number of benzene rings is 1. The number of pyridine rings is 1. The van der Waals surface area contributed by atoms with Gasteiger partial charge in [0.15, 0.2) is 0 Å². The topological polar surface area (TPSA) is 24.9 Å². The van der Waals surface area contributed by atoms with E-state index in [4.69, 9.17) is 11.6 Å². The lowest BCUT2D eigenvalue weighted by Crippen LogP contribution is -1.94. The highest BCUT2D eigenvalue weighted by molar-refractivity contribution is 9.10. The van der Waals surface area contributed by atoms with Gasteiger partial charge < -0.3 is 5.32 Å². The SMILES string of the molecule is Fc1cc(Cl)cc(Nc2ncccc2Br)c1. The average Bonchev–Trinajstić information content (AvgIpc) is 2.20. The van der Waals surface area contributed by atoms with Gasteiger partial charge in [0.05, 0.1) is 4.47 Å². The van der Waals surface area contributed by atoms with Crippen LogP contribution in [-0.4, -0.2) is 4.98 Å². The van der Waals surface area contributed by atoms with Crippen molar-refractivity contribution < 1.29 is 4.39 Å². The molecule has 0 aliphatic carbocycles. The van der Waals surface area contributed by atoms with Crippen LogP contribution in [0.1, 0.15) is 0 Å². The molecule has 1 N–H and O–H groups in total. The molecule has 0 aliphatic rings. The number of hydrogen-bond acceptors (Lipinski definition) is 2. The van der Waals surface area contributed by atoms with E-state index in [9.17, 15) is 4.39 Å². The molecular formula is C11H7BrClFN2. The Morgan fingerprint density at radius 3 is 2.81 bits per heavy atom. The Balaban J connectivity index is 2.30. The summed E-state index contributed by atoms with van der Waals surface area (Å²) in [4.78, 5) is 4.11. The zero-order valence-corrected chi connectivity index (χ0v) is 10.4. The van der Waals surface area contributed by atoms with Crippen molar-refractivity contribution in [2.75, 3.05) is 5.32 Å². The Labute approximate surface area is 106 Å². The summed E-state index contributed by atoms with van der Waals surface area (Å²) < 4.78 is 13.9. The molecule has 0 fully saturated rings. The fourth-order valence-corrected chi connectivity index (χ4v) is 1.82. The van der Waals surface area contributed by atoms with Crippen LogP contribution in [0.25, 0.3) is 0 Å². The summed E-state index contributed by atoms with van der Waals surface area (Å²) in [5.41, 5.74) is 0.560. The third-order valence-electron chi connectivity index (χ3n) is 1.88. The summed E-state index contributed by atoms with van der Waals surface area (Å²) in [5, 5.41) is 3.31. The number of nitrogens with zero attached hydrogens (tertiary/aromatic N) is 1. The number of hydrogen-bond donors (Lipinski definition) is 1. The lowest BCUT2D eigenvalue weighted by atomic mass is 10.3. The van der Waals surface area contributed by atoms with Crippen molar-refractivity contribution in [3.05, 3.63) is 51.8 Å². The number of aromatic nitrogens is 1. The molecule has 0 unspecified atom stereocenters. The summed E-state index contributed by atoms with van der Waals surface area (Å²) in [7, 11) is 0. The van der Waals surface area contributed by atoms with Crippen molar-refractivity contribution in [1.29, 1.82) is 0 Å².